The minimum absolute atomic E-state index is 0.804. The normalized spacial score (nSPS) is 12.0. The van der Waals surface area contributed by atoms with Gasteiger partial charge >= 0.3 is 0 Å². The lowest BCUT2D eigenvalue weighted by Crippen LogP contribution is -2.49. The zero-order chi connectivity index (χ0) is 12.3. The Labute approximate surface area is 106 Å². The number of ether oxygens (including phenoxy) is 2. The van der Waals surface area contributed by atoms with Crippen LogP contribution in [-0.4, -0.2) is 63.3 Å². The minimum Gasteiger partial charge on any atom is -0.376 e. The summed E-state index contributed by atoms with van der Waals surface area (Å²) in [6.45, 7) is 10.6. The summed E-state index contributed by atoms with van der Waals surface area (Å²) in [5, 5.41) is 0. The average molecular weight is 250 g/mol. The first kappa shape index (κ1) is 16.2. The van der Waals surface area contributed by atoms with Crippen LogP contribution >= 0.6 is 12.6 Å². The van der Waals surface area contributed by atoms with Gasteiger partial charge in [0, 0.05) is 19.6 Å². The van der Waals surface area contributed by atoms with Crippen LogP contribution in [0.25, 0.3) is 0 Å². The van der Waals surface area contributed by atoms with Gasteiger partial charge in [-0.3, -0.25) is 0 Å². The predicted molar refractivity (Wildman–Crippen MR) is 72.2 cm³/mol. The van der Waals surface area contributed by atoms with Crippen LogP contribution in [0, 0.1) is 0 Å². The van der Waals surface area contributed by atoms with E-state index in [2.05, 4.69) is 19.7 Å². The summed E-state index contributed by atoms with van der Waals surface area (Å²) >= 11 is 4.28. The van der Waals surface area contributed by atoms with Crippen molar-refractivity contribution in [1.29, 1.82) is 0 Å². The molecule has 0 bridgehead atoms. The Morgan fingerprint density at radius 2 is 1.44 bits per heavy atom. The first-order chi connectivity index (χ1) is 7.68. The molecule has 0 fully saturated rings. The topological polar surface area (TPSA) is 18.5 Å². The summed E-state index contributed by atoms with van der Waals surface area (Å²) in [7, 11) is 2.28. The summed E-state index contributed by atoms with van der Waals surface area (Å²) in [6.07, 6.45) is 1.15. The Balaban J connectivity index is 3.91. The molecule has 0 rings (SSSR count). The Bertz CT molecular complexity index is 146. The third-order valence-corrected chi connectivity index (χ3v) is 3.13. The molecule has 0 saturated heterocycles. The molecule has 0 N–H and O–H groups in total. The number of nitrogens with zero attached hydrogens (tertiary/aromatic N) is 1. The molecule has 0 aliphatic heterocycles. The molecule has 0 radical (unpaired) electrons. The molecule has 3 nitrogen and oxygen atoms in total. The fraction of sp³-hybridized carbons (Fsp3) is 1.00. The third kappa shape index (κ3) is 8.39. The van der Waals surface area contributed by atoms with E-state index in [-0.39, 0.29) is 0 Å². The van der Waals surface area contributed by atoms with Crippen molar-refractivity contribution in [2.24, 2.45) is 0 Å². The van der Waals surface area contributed by atoms with E-state index >= 15 is 0 Å². The Morgan fingerprint density at radius 1 is 0.938 bits per heavy atom. The molecule has 0 aromatic rings. The maximum atomic E-state index is 5.44. The van der Waals surface area contributed by atoms with Gasteiger partial charge in [-0.1, -0.05) is 0 Å². The van der Waals surface area contributed by atoms with Gasteiger partial charge in [-0.25, -0.2) is 0 Å². The number of hydrogen-bond donors (Lipinski definition) is 1. The molecule has 0 aromatic heterocycles. The van der Waals surface area contributed by atoms with Crippen LogP contribution < -0.4 is 0 Å². The second-order valence-corrected chi connectivity index (χ2v) is 4.71. The zero-order valence-corrected chi connectivity index (χ0v) is 12.0. The van der Waals surface area contributed by atoms with Crippen LogP contribution in [0.2, 0.25) is 0 Å². The van der Waals surface area contributed by atoms with E-state index < -0.39 is 0 Å². The minimum atomic E-state index is 0.804. The van der Waals surface area contributed by atoms with Gasteiger partial charge in [0.15, 0.2) is 0 Å². The highest BCUT2D eigenvalue weighted by Gasteiger charge is 2.20. The van der Waals surface area contributed by atoms with Gasteiger partial charge < -0.3 is 14.0 Å². The summed E-state index contributed by atoms with van der Waals surface area (Å²) in [5.74, 6) is 0.955. The fourth-order valence-electron chi connectivity index (χ4n) is 1.65. The molecule has 98 valence electrons. The quantitative estimate of drug-likeness (QED) is 0.343. The van der Waals surface area contributed by atoms with E-state index in [0.29, 0.717) is 0 Å². The van der Waals surface area contributed by atoms with Crippen LogP contribution in [-0.2, 0) is 9.47 Å². The first-order valence-electron chi connectivity index (χ1n) is 6.28. The van der Waals surface area contributed by atoms with Crippen molar-refractivity contribution >= 4 is 12.6 Å². The monoisotopic (exact) mass is 250 g/mol. The maximum absolute atomic E-state index is 5.44. The average Bonchev–Trinajstić information content (AvgIpc) is 2.27. The number of rotatable bonds is 11. The third-order valence-electron chi connectivity index (χ3n) is 2.82. The van der Waals surface area contributed by atoms with Crippen LogP contribution in [0.1, 0.15) is 20.3 Å². The lowest BCUT2D eigenvalue weighted by molar-refractivity contribution is -0.910. The van der Waals surface area contributed by atoms with Gasteiger partial charge in [0.1, 0.15) is 13.1 Å². The Kier molecular flexibility index (Phi) is 10.5. The molecule has 0 atom stereocenters. The zero-order valence-electron chi connectivity index (χ0n) is 11.1. The van der Waals surface area contributed by atoms with Crippen LogP contribution in [0.3, 0.4) is 0 Å². The van der Waals surface area contributed by atoms with E-state index in [1.54, 1.807) is 0 Å². The molecule has 0 unspecified atom stereocenters. The summed E-state index contributed by atoms with van der Waals surface area (Å²) < 4.78 is 11.9. The second kappa shape index (κ2) is 10.4. The molecule has 0 amide bonds. The molecule has 0 aromatic carbocycles. The number of hydrogen-bond acceptors (Lipinski definition) is 3. The van der Waals surface area contributed by atoms with Gasteiger partial charge in [-0.15, -0.1) is 0 Å². The van der Waals surface area contributed by atoms with Gasteiger partial charge in [0.05, 0.1) is 26.8 Å². The van der Waals surface area contributed by atoms with Crippen molar-refractivity contribution in [3.63, 3.8) is 0 Å². The van der Waals surface area contributed by atoms with Crippen molar-refractivity contribution in [1.82, 2.24) is 0 Å². The van der Waals surface area contributed by atoms with Crippen molar-refractivity contribution in [3.05, 3.63) is 0 Å². The standard InChI is InChI=1S/C12H27NO2S/c1-4-14-10-8-13(3,7-6-12-16)9-11-15-5-2/h4-12H2,1-3H3/p+1. The van der Waals surface area contributed by atoms with Gasteiger partial charge in [-0.05, 0) is 19.6 Å². The molecule has 0 aliphatic rings. The maximum Gasteiger partial charge on any atom is 0.102 e. The number of thiol groups is 1. The molecule has 4 heteroatoms. The molecule has 0 aliphatic carbocycles. The number of likely N-dealkylation sites (N-methyl/N-ethyl adjacent to an activating group) is 1. The lowest BCUT2D eigenvalue weighted by atomic mass is 10.3. The van der Waals surface area contributed by atoms with Crippen molar-refractivity contribution in [2.45, 2.75) is 20.3 Å². The molecule has 0 spiro atoms. The van der Waals surface area contributed by atoms with Crippen LogP contribution in [0.4, 0.5) is 0 Å². The molecule has 0 heterocycles. The van der Waals surface area contributed by atoms with Gasteiger partial charge in [-0.2, -0.15) is 12.6 Å². The van der Waals surface area contributed by atoms with E-state index in [1.807, 2.05) is 13.8 Å². The van der Waals surface area contributed by atoms with Gasteiger partial charge in [0.25, 0.3) is 0 Å². The van der Waals surface area contributed by atoms with Crippen molar-refractivity contribution < 1.29 is 14.0 Å². The highest BCUT2D eigenvalue weighted by Crippen LogP contribution is 2.05. The highest BCUT2D eigenvalue weighted by atomic mass is 32.1. The molecular formula is C12H28NO2S+. The second-order valence-electron chi connectivity index (χ2n) is 4.26. The number of quaternary nitrogens is 1. The lowest BCUT2D eigenvalue weighted by Gasteiger charge is -2.34. The molecule has 0 saturated carbocycles. The summed E-state index contributed by atoms with van der Waals surface area (Å²) in [6, 6.07) is 0. The molecule has 16 heavy (non-hydrogen) atoms. The predicted octanol–water partition coefficient (Wildman–Crippen LogP) is 1.83. The van der Waals surface area contributed by atoms with E-state index in [4.69, 9.17) is 9.47 Å². The van der Waals surface area contributed by atoms with Crippen LogP contribution in [0.15, 0.2) is 0 Å². The van der Waals surface area contributed by atoms with E-state index in [1.165, 1.54) is 0 Å². The summed E-state index contributed by atoms with van der Waals surface area (Å²) in [4.78, 5) is 0. The largest absolute Gasteiger partial charge is 0.376 e. The Hall–Kier alpha value is 0.230. The Morgan fingerprint density at radius 3 is 1.81 bits per heavy atom. The van der Waals surface area contributed by atoms with Crippen molar-refractivity contribution in [3.8, 4) is 0 Å². The fourth-order valence-corrected chi connectivity index (χ4v) is 1.79. The van der Waals surface area contributed by atoms with Crippen LogP contribution in [0.5, 0.6) is 0 Å². The smallest absolute Gasteiger partial charge is 0.102 e. The first-order valence-corrected chi connectivity index (χ1v) is 6.91. The van der Waals surface area contributed by atoms with Crippen molar-refractivity contribution in [2.75, 3.05) is 58.9 Å². The van der Waals surface area contributed by atoms with Gasteiger partial charge in [0.2, 0.25) is 0 Å². The SMILES string of the molecule is CCOCC[N+](C)(CCCS)CCOCC. The van der Waals surface area contributed by atoms with E-state index in [9.17, 15) is 0 Å². The van der Waals surface area contributed by atoms with E-state index in [0.717, 1.165) is 62.7 Å². The summed E-state index contributed by atoms with van der Waals surface area (Å²) in [5.41, 5.74) is 0. The molecular weight excluding hydrogens is 222 g/mol. The highest BCUT2D eigenvalue weighted by molar-refractivity contribution is 7.80.